The van der Waals surface area contributed by atoms with E-state index in [-0.39, 0.29) is 6.61 Å². The molecule has 1 aromatic rings. The molecule has 0 unspecified atom stereocenters. The topological polar surface area (TPSA) is 66.4 Å². The lowest BCUT2D eigenvalue weighted by Gasteiger charge is -2.07. The smallest absolute Gasteiger partial charge is 0.175 e. The standard InChI is InChI=1S/C7H8O2S.C5H13NO/c1-10(8,9)7-5-3-2-4-6-7;1-3-5(4-7)6-2/h2-6H,1H3;5-7H,3-4H2,1-2H3/t;5-/m.0/s1. The van der Waals surface area contributed by atoms with Crippen molar-refractivity contribution in [2.75, 3.05) is 19.9 Å². The van der Waals surface area contributed by atoms with Crippen LogP contribution < -0.4 is 5.32 Å². The van der Waals surface area contributed by atoms with Crippen LogP contribution in [-0.4, -0.2) is 39.5 Å². The number of aliphatic hydroxyl groups is 1. The van der Waals surface area contributed by atoms with Gasteiger partial charge in [-0.3, -0.25) is 0 Å². The highest BCUT2D eigenvalue weighted by atomic mass is 32.2. The summed E-state index contributed by atoms with van der Waals surface area (Å²) in [4.78, 5) is 0.370. The quantitative estimate of drug-likeness (QED) is 0.849. The summed E-state index contributed by atoms with van der Waals surface area (Å²) in [6.07, 6.45) is 2.19. The molecule has 0 heterocycles. The van der Waals surface area contributed by atoms with Crippen molar-refractivity contribution in [3.63, 3.8) is 0 Å². The van der Waals surface area contributed by atoms with Gasteiger partial charge in [0.25, 0.3) is 0 Å². The summed E-state index contributed by atoms with van der Waals surface area (Å²) >= 11 is 0. The minimum absolute atomic E-state index is 0.243. The van der Waals surface area contributed by atoms with E-state index in [4.69, 9.17) is 5.11 Å². The molecule has 17 heavy (non-hydrogen) atoms. The number of nitrogens with one attached hydrogen (secondary N) is 1. The molecule has 1 aromatic carbocycles. The molecule has 0 aliphatic heterocycles. The van der Waals surface area contributed by atoms with Crippen molar-refractivity contribution in [2.24, 2.45) is 0 Å². The van der Waals surface area contributed by atoms with Crippen LogP contribution in [0.15, 0.2) is 35.2 Å². The van der Waals surface area contributed by atoms with Crippen LogP contribution >= 0.6 is 0 Å². The molecule has 0 amide bonds. The van der Waals surface area contributed by atoms with Crippen LogP contribution in [0, 0.1) is 0 Å². The van der Waals surface area contributed by atoms with E-state index in [9.17, 15) is 8.42 Å². The Hall–Kier alpha value is -0.910. The zero-order valence-corrected chi connectivity index (χ0v) is 11.4. The molecule has 0 saturated carbocycles. The third-order valence-corrected chi connectivity index (χ3v) is 3.42. The average molecular weight is 259 g/mol. The molecule has 0 spiro atoms. The van der Waals surface area contributed by atoms with Gasteiger partial charge in [0.05, 0.1) is 11.5 Å². The number of aliphatic hydroxyl groups excluding tert-OH is 1. The first-order chi connectivity index (χ1) is 7.95. The third kappa shape index (κ3) is 7.10. The summed E-state index contributed by atoms with van der Waals surface area (Å²) in [5.74, 6) is 0. The van der Waals surface area contributed by atoms with Crippen molar-refractivity contribution in [3.05, 3.63) is 30.3 Å². The Labute approximate surface area is 104 Å². The van der Waals surface area contributed by atoms with Gasteiger partial charge >= 0.3 is 0 Å². The maximum atomic E-state index is 10.8. The van der Waals surface area contributed by atoms with E-state index in [2.05, 4.69) is 5.32 Å². The molecule has 0 aliphatic rings. The van der Waals surface area contributed by atoms with Gasteiger partial charge in [-0.25, -0.2) is 8.42 Å². The lowest BCUT2D eigenvalue weighted by atomic mass is 10.2. The van der Waals surface area contributed by atoms with Crippen LogP contribution in [0.4, 0.5) is 0 Å². The normalized spacial score (nSPS) is 12.5. The van der Waals surface area contributed by atoms with Crippen LogP contribution in [0.3, 0.4) is 0 Å². The van der Waals surface area contributed by atoms with Crippen LogP contribution in [0.25, 0.3) is 0 Å². The van der Waals surface area contributed by atoms with E-state index in [0.717, 1.165) is 6.42 Å². The molecule has 0 aromatic heterocycles. The van der Waals surface area contributed by atoms with Gasteiger partial charge in [-0.05, 0) is 25.6 Å². The first kappa shape index (κ1) is 16.1. The number of rotatable bonds is 4. The van der Waals surface area contributed by atoms with E-state index in [1.807, 2.05) is 14.0 Å². The predicted octanol–water partition coefficient (Wildman–Crippen LogP) is 1.07. The summed E-state index contributed by atoms with van der Waals surface area (Å²) < 4.78 is 21.7. The van der Waals surface area contributed by atoms with Gasteiger partial charge in [0.15, 0.2) is 9.84 Å². The van der Waals surface area contributed by atoms with Crippen LogP contribution in [0.1, 0.15) is 13.3 Å². The van der Waals surface area contributed by atoms with Crippen LogP contribution in [0.5, 0.6) is 0 Å². The fourth-order valence-electron chi connectivity index (χ4n) is 1.09. The van der Waals surface area contributed by atoms with Crippen molar-refractivity contribution in [1.82, 2.24) is 5.32 Å². The first-order valence-electron chi connectivity index (χ1n) is 5.48. The highest BCUT2D eigenvalue weighted by Crippen LogP contribution is 2.05. The zero-order valence-electron chi connectivity index (χ0n) is 10.6. The summed E-state index contributed by atoms with van der Waals surface area (Å²) in [5, 5.41) is 11.4. The van der Waals surface area contributed by atoms with E-state index in [0.29, 0.717) is 10.9 Å². The molecule has 0 radical (unpaired) electrons. The number of benzene rings is 1. The van der Waals surface area contributed by atoms with Gasteiger partial charge in [0.2, 0.25) is 0 Å². The maximum Gasteiger partial charge on any atom is 0.175 e. The number of hydrogen-bond donors (Lipinski definition) is 2. The van der Waals surface area contributed by atoms with Crippen LogP contribution in [0.2, 0.25) is 0 Å². The predicted molar refractivity (Wildman–Crippen MR) is 69.8 cm³/mol. The average Bonchev–Trinajstić information content (AvgIpc) is 2.32. The fraction of sp³-hybridized carbons (Fsp3) is 0.500. The second-order valence-corrected chi connectivity index (χ2v) is 5.68. The van der Waals surface area contributed by atoms with Gasteiger partial charge in [-0.1, -0.05) is 25.1 Å². The van der Waals surface area contributed by atoms with Gasteiger partial charge in [-0.15, -0.1) is 0 Å². The largest absolute Gasteiger partial charge is 0.395 e. The van der Waals surface area contributed by atoms with Gasteiger partial charge in [0.1, 0.15) is 0 Å². The summed E-state index contributed by atoms with van der Waals surface area (Å²) in [6, 6.07) is 8.64. The number of sulfone groups is 1. The minimum Gasteiger partial charge on any atom is -0.395 e. The second-order valence-electron chi connectivity index (χ2n) is 3.66. The van der Waals surface area contributed by atoms with Gasteiger partial charge in [0, 0.05) is 12.3 Å². The maximum absolute atomic E-state index is 10.8. The SMILES string of the molecule is CC[C@@H](CO)NC.CS(=O)(=O)c1ccccc1. The Kier molecular flexibility index (Phi) is 7.78. The molecule has 4 nitrogen and oxygen atoms in total. The van der Waals surface area contributed by atoms with Crippen molar-refractivity contribution in [2.45, 2.75) is 24.3 Å². The number of hydrogen-bond acceptors (Lipinski definition) is 4. The molecule has 98 valence electrons. The molecular weight excluding hydrogens is 238 g/mol. The zero-order chi connectivity index (χ0) is 13.3. The van der Waals surface area contributed by atoms with Gasteiger partial charge < -0.3 is 10.4 Å². The lowest BCUT2D eigenvalue weighted by molar-refractivity contribution is 0.245. The molecule has 0 saturated heterocycles. The monoisotopic (exact) mass is 259 g/mol. The Morgan fingerprint density at radius 2 is 1.82 bits per heavy atom. The molecule has 0 fully saturated rings. The Bertz CT molecular complexity index is 380. The Morgan fingerprint density at radius 3 is 2.00 bits per heavy atom. The summed E-state index contributed by atoms with van der Waals surface area (Å²) in [6.45, 7) is 2.28. The fourth-order valence-corrected chi connectivity index (χ4v) is 1.74. The second kappa shape index (κ2) is 8.22. The minimum atomic E-state index is -3.00. The number of likely N-dealkylation sites (N-methyl/N-ethyl adjacent to an activating group) is 1. The Morgan fingerprint density at radius 1 is 1.29 bits per heavy atom. The molecule has 5 heteroatoms. The highest BCUT2D eigenvalue weighted by molar-refractivity contribution is 7.90. The van der Waals surface area contributed by atoms with E-state index in [1.165, 1.54) is 6.26 Å². The van der Waals surface area contributed by atoms with Crippen molar-refractivity contribution >= 4 is 9.84 Å². The van der Waals surface area contributed by atoms with Crippen molar-refractivity contribution in [3.8, 4) is 0 Å². The van der Waals surface area contributed by atoms with Crippen molar-refractivity contribution < 1.29 is 13.5 Å². The lowest BCUT2D eigenvalue weighted by Crippen LogP contribution is -2.27. The molecular formula is C12H21NO3S. The summed E-state index contributed by atoms with van der Waals surface area (Å²) in [5.41, 5.74) is 0. The van der Waals surface area contributed by atoms with Crippen LogP contribution in [-0.2, 0) is 9.84 Å². The van der Waals surface area contributed by atoms with E-state index < -0.39 is 9.84 Å². The third-order valence-electron chi connectivity index (χ3n) is 2.29. The van der Waals surface area contributed by atoms with Gasteiger partial charge in [-0.2, -0.15) is 0 Å². The van der Waals surface area contributed by atoms with E-state index in [1.54, 1.807) is 30.3 Å². The molecule has 0 aliphatic carbocycles. The highest BCUT2D eigenvalue weighted by Gasteiger charge is 2.02. The Balaban J connectivity index is 0.000000325. The molecule has 2 N–H and O–H groups in total. The van der Waals surface area contributed by atoms with E-state index >= 15 is 0 Å². The summed E-state index contributed by atoms with van der Waals surface area (Å²) in [7, 11) is -1.15. The molecule has 1 rings (SSSR count). The molecule has 0 bridgehead atoms. The van der Waals surface area contributed by atoms with Crippen molar-refractivity contribution in [1.29, 1.82) is 0 Å². The first-order valence-corrected chi connectivity index (χ1v) is 7.38. The molecule has 1 atom stereocenters.